The minimum absolute atomic E-state index is 0.197. The van der Waals surface area contributed by atoms with Gasteiger partial charge in [-0.15, -0.1) is 0 Å². The Kier molecular flexibility index (Phi) is 4.06. The van der Waals surface area contributed by atoms with Crippen LogP contribution in [0.25, 0.3) is 10.9 Å². The number of hydrogen-bond acceptors (Lipinski definition) is 3. The zero-order valence-corrected chi connectivity index (χ0v) is 14.4. The number of carbonyl (C=O) groups is 1. The number of hydrogen-bond donors (Lipinski definition) is 1. The van der Waals surface area contributed by atoms with Gasteiger partial charge in [0.1, 0.15) is 0 Å². The number of aromatic nitrogens is 1. The van der Waals surface area contributed by atoms with E-state index in [4.69, 9.17) is 4.74 Å². The molecular weight excluding hydrogens is 302 g/mol. The maximum Gasteiger partial charge on any atom is 0.237 e. The monoisotopic (exact) mass is 327 g/mol. The lowest BCUT2D eigenvalue weighted by molar-refractivity contribution is -0.136. The molecule has 0 spiro atoms. The number of carbonyl (C=O) groups excluding carboxylic acids is 1. The molecule has 0 aliphatic carbocycles. The number of ether oxygens (including phenoxy) is 1. The van der Waals surface area contributed by atoms with Crippen molar-refractivity contribution in [3.63, 3.8) is 0 Å². The predicted molar refractivity (Wildman–Crippen MR) is 93.9 cm³/mol. The van der Waals surface area contributed by atoms with E-state index in [1.165, 1.54) is 22.2 Å². The number of nitrogens with one attached hydrogen (secondary N) is 1. The van der Waals surface area contributed by atoms with Crippen molar-refractivity contribution in [2.45, 2.75) is 39.0 Å². The molecule has 3 heterocycles. The third-order valence-corrected chi connectivity index (χ3v) is 5.09. The molecule has 5 heteroatoms. The van der Waals surface area contributed by atoms with Gasteiger partial charge in [-0.1, -0.05) is 18.2 Å². The second kappa shape index (κ2) is 6.22. The van der Waals surface area contributed by atoms with Gasteiger partial charge in [0.2, 0.25) is 5.91 Å². The molecule has 0 radical (unpaired) electrons. The summed E-state index contributed by atoms with van der Waals surface area (Å²) in [6.45, 7) is 7.83. The minimum Gasteiger partial charge on any atom is -0.373 e. The molecule has 1 amide bonds. The first-order valence-electron chi connectivity index (χ1n) is 8.84. The van der Waals surface area contributed by atoms with Crippen LogP contribution in [0.3, 0.4) is 0 Å². The van der Waals surface area contributed by atoms with E-state index in [2.05, 4.69) is 41.9 Å². The first kappa shape index (κ1) is 15.7. The van der Waals surface area contributed by atoms with Gasteiger partial charge in [0, 0.05) is 54.8 Å². The van der Waals surface area contributed by atoms with E-state index in [1.807, 2.05) is 11.0 Å². The highest BCUT2D eigenvalue weighted by atomic mass is 16.5. The summed E-state index contributed by atoms with van der Waals surface area (Å²) in [6.07, 6.45) is 1.30. The number of H-pyrrole nitrogens is 1. The lowest BCUT2D eigenvalue weighted by Gasteiger charge is -2.36. The number of para-hydroxylation sites is 1. The second-order valence-corrected chi connectivity index (χ2v) is 7.14. The van der Waals surface area contributed by atoms with Gasteiger partial charge in [0.05, 0.1) is 18.8 Å². The number of fused-ring (bicyclic) bond motifs is 3. The highest BCUT2D eigenvalue weighted by molar-refractivity contribution is 5.86. The molecule has 1 N–H and O–H groups in total. The van der Waals surface area contributed by atoms with Crippen LogP contribution in [0.1, 0.15) is 25.1 Å². The molecule has 1 aromatic heterocycles. The molecule has 5 nitrogen and oxygen atoms in total. The molecule has 2 aromatic rings. The van der Waals surface area contributed by atoms with Gasteiger partial charge in [-0.2, -0.15) is 0 Å². The Hall–Kier alpha value is -1.85. The van der Waals surface area contributed by atoms with Crippen molar-refractivity contribution in [3.05, 3.63) is 35.5 Å². The van der Waals surface area contributed by atoms with Crippen molar-refractivity contribution < 1.29 is 9.53 Å². The van der Waals surface area contributed by atoms with Crippen LogP contribution < -0.4 is 0 Å². The topological polar surface area (TPSA) is 48.6 Å². The average Bonchev–Trinajstić information content (AvgIpc) is 2.91. The van der Waals surface area contributed by atoms with Gasteiger partial charge in [-0.3, -0.25) is 9.69 Å². The summed E-state index contributed by atoms with van der Waals surface area (Å²) in [5, 5.41) is 1.25. The quantitative estimate of drug-likeness (QED) is 0.919. The highest BCUT2D eigenvalue weighted by Gasteiger charge is 2.28. The van der Waals surface area contributed by atoms with E-state index < -0.39 is 0 Å². The van der Waals surface area contributed by atoms with Gasteiger partial charge in [0.15, 0.2) is 0 Å². The van der Waals surface area contributed by atoms with E-state index >= 15 is 0 Å². The summed E-state index contributed by atoms with van der Waals surface area (Å²) < 4.78 is 5.76. The fraction of sp³-hybridized carbons (Fsp3) is 0.526. The SMILES string of the molecule is C[C@@H]1CN(CC(=O)N2CCc3[nH]c4ccccc4c3C2)C[C@H](C)O1. The molecule has 0 unspecified atom stereocenters. The van der Waals surface area contributed by atoms with E-state index in [1.54, 1.807) is 0 Å². The Morgan fingerprint density at radius 2 is 2.00 bits per heavy atom. The van der Waals surface area contributed by atoms with E-state index in [-0.39, 0.29) is 18.1 Å². The van der Waals surface area contributed by atoms with Crippen molar-refractivity contribution in [1.29, 1.82) is 0 Å². The lowest BCUT2D eigenvalue weighted by Crippen LogP contribution is -2.50. The summed E-state index contributed by atoms with van der Waals surface area (Å²) in [7, 11) is 0. The Morgan fingerprint density at radius 3 is 2.79 bits per heavy atom. The van der Waals surface area contributed by atoms with Gasteiger partial charge in [0.25, 0.3) is 0 Å². The summed E-state index contributed by atoms with van der Waals surface area (Å²) in [5.41, 5.74) is 3.75. The number of morpholine rings is 1. The molecule has 0 bridgehead atoms. The van der Waals surface area contributed by atoms with Gasteiger partial charge < -0.3 is 14.6 Å². The summed E-state index contributed by atoms with van der Waals surface area (Å²) in [5.74, 6) is 0.229. The first-order chi connectivity index (χ1) is 11.6. The van der Waals surface area contributed by atoms with Gasteiger partial charge in [-0.25, -0.2) is 0 Å². The summed E-state index contributed by atoms with van der Waals surface area (Å²) in [4.78, 5) is 20.5. The summed E-state index contributed by atoms with van der Waals surface area (Å²) >= 11 is 0. The molecule has 2 aliphatic rings. The second-order valence-electron chi connectivity index (χ2n) is 7.14. The number of amides is 1. The van der Waals surface area contributed by atoms with Crippen LogP contribution in [0, 0.1) is 0 Å². The molecule has 0 saturated carbocycles. The molecule has 24 heavy (non-hydrogen) atoms. The largest absolute Gasteiger partial charge is 0.373 e. The fourth-order valence-electron chi connectivity index (χ4n) is 4.08. The molecule has 1 aromatic carbocycles. The Balaban J connectivity index is 1.47. The maximum atomic E-state index is 12.8. The average molecular weight is 327 g/mol. The third kappa shape index (κ3) is 2.94. The van der Waals surface area contributed by atoms with Crippen LogP contribution in [-0.4, -0.2) is 59.1 Å². The van der Waals surface area contributed by atoms with E-state index in [0.717, 1.165) is 26.1 Å². The normalized spacial score (nSPS) is 25.0. The zero-order chi connectivity index (χ0) is 16.7. The molecule has 4 rings (SSSR count). The van der Waals surface area contributed by atoms with Crippen molar-refractivity contribution >= 4 is 16.8 Å². The molecule has 128 valence electrons. The molecule has 2 atom stereocenters. The van der Waals surface area contributed by atoms with Crippen molar-refractivity contribution in [1.82, 2.24) is 14.8 Å². The van der Waals surface area contributed by atoms with E-state index in [0.29, 0.717) is 13.1 Å². The molecule has 2 aliphatic heterocycles. The van der Waals surface area contributed by atoms with Gasteiger partial charge >= 0.3 is 0 Å². The van der Waals surface area contributed by atoms with E-state index in [9.17, 15) is 4.79 Å². The molecule has 1 fully saturated rings. The van der Waals surface area contributed by atoms with Crippen LogP contribution >= 0.6 is 0 Å². The first-order valence-corrected chi connectivity index (χ1v) is 8.84. The minimum atomic E-state index is 0.197. The van der Waals surface area contributed by atoms with Crippen LogP contribution in [-0.2, 0) is 22.5 Å². The van der Waals surface area contributed by atoms with Crippen molar-refractivity contribution in [2.75, 3.05) is 26.2 Å². The lowest BCUT2D eigenvalue weighted by atomic mass is 10.0. The third-order valence-electron chi connectivity index (χ3n) is 5.09. The Bertz CT molecular complexity index is 744. The smallest absolute Gasteiger partial charge is 0.237 e. The number of benzene rings is 1. The predicted octanol–water partition coefficient (Wildman–Crippen LogP) is 2.16. The van der Waals surface area contributed by atoms with Crippen LogP contribution in [0.5, 0.6) is 0 Å². The molecule has 1 saturated heterocycles. The standard InChI is InChI=1S/C19H25N3O2/c1-13-9-21(10-14(2)24-13)12-19(23)22-8-7-18-16(11-22)15-5-3-4-6-17(15)20-18/h3-6,13-14,20H,7-12H2,1-2H3/t13-,14+. The Labute approximate surface area is 142 Å². The molecular formula is C19H25N3O2. The summed E-state index contributed by atoms with van der Waals surface area (Å²) in [6, 6.07) is 8.36. The zero-order valence-electron chi connectivity index (χ0n) is 14.4. The number of rotatable bonds is 2. The van der Waals surface area contributed by atoms with Crippen LogP contribution in [0.15, 0.2) is 24.3 Å². The van der Waals surface area contributed by atoms with Crippen LogP contribution in [0.2, 0.25) is 0 Å². The van der Waals surface area contributed by atoms with Crippen molar-refractivity contribution in [2.24, 2.45) is 0 Å². The number of aromatic amines is 1. The number of nitrogens with zero attached hydrogens (tertiary/aromatic N) is 2. The highest BCUT2D eigenvalue weighted by Crippen LogP contribution is 2.27. The van der Waals surface area contributed by atoms with Crippen LogP contribution in [0.4, 0.5) is 0 Å². The Morgan fingerprint density at radius 1 is 1.25 bits per heavy atom. The fourth-order valence-corrected chi connectivity index (χ4v) is 4.08. The van der Waals surface area contributed by atoms with Gasteiger partial charge in [-0.05, 0) is 19.9 Å². The maximum absolute atomic E-state index is 12.8. The van der Waals surface area contributed by atoms with Crippen molar-refractivity contribution in [3.8, 4) is 0 Å².